The lowest BCUT2D eigenvalue weighted by atomic mass is 10.0. The minimum Gasteiger partial charge on any atom is -0.334 e. The Bertz CT molecular complexity index is 905. The number of halogens is 6. The molecule has 1 aliphatic heterocycles. The van der Waals surface area contributed by atoms with Crippen molar-refractivity contribution < 1.29 is 31.1 Å². The Morgan fingerprint density at radius 2 is 1.52 bits per heavy atom. The molecule has 0 spiro atoms. The normalized spacial score (nSPS) is 15.4. The van der Waals surface area contributed by atoms with Crippen molar-refractivity contribution in [1.29, 1.82) is 0 Å². The van der Waals surface area contributed by atoms with Crippen LogP contribution < -0.4 is 0 Å². The summed E-state index contributed by atoms with van der Waals surface area (Å²) in [6.07, 6.45) is -8.02. The van der Waals surface area contributed by atoms with Crippen LogP contribution in [0.2, 0.25) is 0 Å². The second-order valence-electron chi connectivity index (χ2n) is 7.97. The first-order valence-electron chi connectivity index (χ1n) is 8.83. The van der Waals surface area contributed by atoms with Gasteiger partial charge < -0.3 is 4.90 Å². The van der Waals surface area contributed by atoms with Gasteiger partial charge in [-0.25, -0.2) is 0 Å². The molecule has 0 unspecified atom stereocenters. The third kappa shape index (κ3) is 4.25. The average Bonchev–Trinajstić information content (AvgIpc) is 3.02. The highest BCUT2D eigenvalue weighted by Gasteiger charge is 2.38. The summed E-state index contributed by atoms with van der Waals surface area (Å²) in [5.41, 5.74) is -2.31. The highest BCUT2D eigenvalue weighted by molar-refractivity contribution is 5.94. The molecule has 2 aromatic rings. The maximum absolute atomic E-state index is 13.1. The molecule has 4 nitrogen and oxygen atoms in total. The SMILES string of the molecule is CC(C)(C)n1ncc2c1CCN(C(=O)c1cc(C(F)(F)F)cc(C(F)(F)F)c1)C2. The van der Waals surface area contributed by atoms with Crippen molar-refractivity contribution in [3.63, 3.8) is 0 Å². The van der Waals surface area contributed by atoms with Crippen LogP contribution in [0.15, 0.2) is 24.4 Å². The first-order chi connectivity index (χ1) is 13.2. The van der Waals surface area contributed by atoms with E-state index in [0.29, 0.717) is 18.6 Å². The fourth-order valence-electron chi connectivity index (χ4n) is 3.34. The van der Waals surface area contributed by atoms with E-state index in [1.807, 2.05) is 25.5 Å². The Balaban J connectivity index is 1.94. The summed E-state index contributed by atoms with van der Waals surface area (Å²) in [7, 11) is 0. The molecule has 0 saturated carbocycles. The van der Waals surface area contributed by atoms with Gasteiger partial charge in [0.15, 0.2) is 0 Å². The van der Waals surface area contributed by atoms with Crippen LogP contribution in [0.25, 0.3) is 0 Å². The van der Waals surface area contributed by atoms with Gasteiger partial charge in [-0.05, 0) is 39.0 Å². The minimum atomic E-state index is -5.00. The van der Waals surface area contributed by atoms with Crippen molar-refractivity contribution in [3.05, 3.63) is 52.3 Å². The van der Waals surface area contributed by atoms with Crippen LogP contribution in [-0.2, 0) is 30.9 Å². The summed E-state index contributed by atoms with van der Waals surface area (Å²) < 4.78 is 80.1. The Morgan fingerprint density at radius 1 is 0.966 bits per heavy atom. The van der Waals surface area contributed by atoms with Gasteiger partial charge in [0.2, 0.25) is 0 Å². The number of alkyl halides is 6. The summed E-state index contributed by atoms with van der Waals surface area (Å²) >= 11 is 0. The molecule has 0 fully saturated rings. The van der Waals surface area contributed by atoms with E-state index in [0.717, 1.165) is 11.3 Å². The molecular weight excluding hydrogens is 400 g/mol. The van der Waals surface area contributed by atoms with Crippen LogP contribution in [0.1, 0.15) is 53.5 Å². The number of nitrogens with zero attached hydrogens (tertiary/aromatic N) is 3. The molecule has 0 N–H and O–H groups in total. The molecule has 2 heterocycles. The first-order valence-corrected chi connectivity index (χ1v) is 8.83. The van der Waals surface area contributed by atoms with Crippen LogP contribution in [0.4, 0.5) is 26.3 Å². The second-order valence-corrected chi connectivity index (χ2v) is 7.97. The van der Waals surface area contributed by atoms with Crippen molar-refractivity contribution in [2.45, 2.75) is 51.6 Å². The second kappa shape index (κ2) is 6.77. The molecular formula is C19H19F6N3O. The zero-order valence-corrected chi connectivity index (χ0v) is 15.9. The largest absolute Gasteiger partial charge is 0.416 e. The van der Waals surface area contributed by atoms with E-state index >= 15 is 0 Å². The number of amides is 1. The minimum absolute atomic E-state index is 0.0124. The van der Waals surface area contributed by atoms with Gasteiger partial charge in [0.05, 0.1) is 22.9 Å². The number of fused-ring (bicyclic) bond motifs is 1. The van der Waals surface area contributed by atoms with Gasteiger partial charge in [-0.1, -0.05) is 0 Å². The number of benzene rings is 1. The molecule has 0 radical (unpaired) electrons. The third-order valence-electron chi connectivity index (χ3n) is 4.69. The van der Waals surface area contributed by atoms with Crippen molar-refractivity contribution >= 4 is 5.91 Å². The summed E-state index contributed by atoms with van der Waals surface area (Å²) in [6, 6.07) is 0.940. The zero-order valence-electron chi connectivity index (χ0n) is 15.9. The number of aromatic nitrogens is 2. The van der Waals surface area contributed by atoms with E-state index in [4.69, 9.17) is 0 Å². The number of carbonyl (C=O) groups excluding carboxylic acids is 1. The molecule has 158 valence electrons. The van der Waals surface area contributed by atoms with E-state index in [-0.39, 0.29) is 24.7 Å². The standard InChI is InChI=1S/C19H19F6N3O/c1-17(2,3)28-15-4-5-27(10-12(15)9-26-28)16(29)11-6-13(18(20,21)22)8-14(7-11)19(23,24)25/h6-9H,4-5,10H2,1-3H3. The van der Waals surface area contributed by atoms with E-state index < -0.39 is 35.0 Å². The highest BCUT2D eigenvalue weighted by atomic mass is 19.4. The Labute approximate surface area is 163 Å². The number of rotatable bonds is 1. The highest BCUT2D eigenvalue weighted by Crippen LogP contribution is 2.37. The van der Waals surface area contributed by atoms with Crippen LogP contribution in [0, 0.1) is 0 Å². The molecule has 0 bridgehead atoms. The van der Waals surface area contributed by atoms with Crippen molar-refractivity contribution in [3.8, 4) is 0 Å². The molecule has 3 rings (SSSR count). The van der Waals surface area contributed by atoms with Crippen molar-refractivity contribution in [2.24, 2.45) is 0 Å². The van der Waals surface area contributed by atoms with Crippen molar-refractivity contribution in [2.75, 3.05) is 6.54 Å². The van der Waals surface area contributed by atoms with Gasteiger partial charge in [0.1, 0.15) is 0 Å². The summed E-state index contributed by atoms with van der Waals surface area (Å²) in [4.78, 5) is 14.0. The molecule has 1 aromatic carbocycles. The van der Waals surface area contributed by atoms with E-state index in [2.05, 4.69) is 5.10 Å². The van der Waals surface area contributed by atoms with Gasteiger partial charge in [0.25, 0.3) is 5.91 Å². The van der Waals surface area contributed by atoms with Crippen LogP contribution in [0.5, 0.6) is 0 Å². The fourth-order valence-corrected chi connectivity index (χ4v) is 3.34. The van der Waals surface area contributed by atoms with Crippen LogP contribution in [-0.4, -0.2) is 27.1 Å². The van der Waals surface area contributed by atoms with Crippen LogP contribution >= 0.6 is 0 Å². The summed E-state index contributed by atoms with van der Waals surface area (Å²) in [5, 5.41) is 4.31. The van der Waals surface area contributed by atoms with Gasteiger partial charge in [-0.2, -0.15) is 31.4 Å². The van der Waals surface area contributed by atoms with E-state index in [1.54, 1.807) is 6.20 Å². The zero-order chi connectivity index (χ0) is 21.8. The fraction of sp³-hybridized carbons (Fsp3) is 0.474. The van der Waals surface area contributed by atoms with E-state index in [9.17, 15) is 31.1 Å². The topological polar surface area (TPSA) is 38.1 Å². The average molecular weight is 419 g/mol. The molecule has 0 atom stereocenters. The smallest absolute Gasteiger partial charge is 0.334 e. The van der Waals surface area contributed by atoms with E-state index in [1.165, 1.54) is 4.90 Å². The molecule has 10 heteroatoms. The summed E-state index contributed by atoms with van der Waals surface area (Å²) in [5.74, 6) is -0.879. The van der Waals surface area contributed by atoms with Gasteiger partial charge in [-0.15, -0.1) is 0 Å². The van der Waals surface area contributed by atoms with Gasteiger partial charge in [0, 0.05) is 36.3 Å². The predicted molar refractivity (Wildman–Crippen MR) is 92.1 cm³/mol. The van der Waals surface area contributed by atoms with Gasteiger partial charge in [-0.3, -0.25) is 9.48 Å². The lowest BCUT2D eigenvalue weighted by molar-refractivity contribution is -0.143. The Hall–Kier alpha value is -2.52. The molecule has 1 amide bonds. The quantitative estimate of drug-likeness (QED) is 0.619. The van der Waals surface area contributed by atoms with Crippen molar-refractivity contribution in [1.82, 2.24) is 14.7 Å². The first kappa shape index (κ1) is 21.2. The maximum Gasteiger partial charge on any atom is 0.416 e. The van der Waals surface area contributed by atoms with Gasteiger partial charge >= 0.3 is 12.4 Å². The number of hydrogen-bond acceptors (Lipinski definition) is 2. The molecule has 1 aromatic heterocycles. The lowest BCUT2D eigenvalue weighted by Crippen LogP contribution is -2.37. The molecule has 0 aliphatic carbocycles. The van der Waals surface area contributed by atoms with Crippen LogP contribution in [0.3, 0.4) is 0 Å². The maximum atomic E-state index is 13.1. The predicted octanol–water partition coefficient (Wildman–Crippen LogP) is 4.87. The molecule has 29 heavy (non-hydrogen) atoms. The Kier molecular flexibility index (Phi) is 4.95. The molecule has 0 saturated heterocycles. The number of hydrogen-bond donors (Lipinski definition) is 0. The monoisotopic (exact) mass is 419 g/mol. The molecule has 1 aliphatic rings. The Morgan fingerprint density at radius 3 is 2.00 bits per heavy atom. The summed E-state index contributed by atoms with van der Waals surface area (Å²) in [6.45, 7) is 6.12. The lowest BCUT2D eigenvalue weighted by Gasteiger charge is -2.30. The number of carbonyl (C=O) groups is 1. The third-order valence-corrected chi connectivity index (χ3v) is 4.69.